The van der Waals surface area contributed by atoms with Gasteiger partial charge in [0.2, 0.25) is 5.91 Å². The molecule has 0 bridgehead atoms. The number of aliphatic hydroxyl groups is 1. The lowest BCUT2D eigenvalue weighted by molar-refractivity contribution is -0.118. The molecule has 4 rings (SSSR count). The Morgan fingerprint density at radius 3 is 2.27 bits per heavy atom. The normalized spacial score (nSPS) is 16.1. The molecule has 9 heteroatoms. The van der Waals surface area contributed by atoms with E-state index in [2.05, 4.69) is 15.9 Å². The highest BCUT2D eigenvalue weighted by molar-refractivity contribution is 7.99. The van der Waals surface area contributed by atoms with E-state index in [0.717, 1.165) is 60.4 Å². The number of piperazine rings is 1. The number of halogens is 3. The molecule has 1 N–H and O–H groups in total. The number of β-amino-alcohol motifs (C(OH)–C–C–N with tert-alkyl or cyclic N) is 1. The molecular weight excluding hydrogens is 465 g/mol. The number of anilines is 2. The molecule has 2 aliphatic heterocycles. The van der Waals surface area contributed by atoms with Crippen LogP contribution in [0.15, 0.2) is 52.3 Å². The average Bonchev–Trinajstić information content (AvgIpc) is 2.71. The van der Waals surface area contributed by atoms with E-state index in [-0.39, 0.29) is 37.3 Å². The Morgan fingerprint density at radius 2 is 1.57 bits per heavy atom. The molecule has 30 heavy (non-hydrogen) atoms. The number of rotatable bonds is 5. The van der Waals surface area contributed by atoms with Crippen LogP contribution in [0.2, 0.25) is 5.02 Å². The molecule has 1 amide bonds. The van der Waals surface area contributed by atoms with E-state index < -0.39 is 0 Å². The lowest BCUT2D eigenvalue weighted by Gasteiger charge is -2.35. The van der Waals surface area contributed by atoms with Crippen molar-refractivity contribution in [2.75, 3.05) is 50.8 Å². The fourth-order valence-electron chi connectivity index (χ4n) is 3.74. The van der Waals surface area contributed by atoms with Crippen molar-refractivity contribution >= 4 is 65.5 Å². The maximum atomic E-state index is 13.2. The number of carbonyl (C=O) groups excluding carboxylic acids is 1. The summed E-state index contributed by atoms with van der Waals surface area (Å²) in [5, 5.41) is 9.70. The molecule has 0 saturated carbocycles. The largest absolute Gasteiger partial charge is 0.395 e. The third-order valence-electron chi connectivity index (χ3n) is 5.26. The maximum absolute atomic E-state index is 13.2. The Bertz CT molecular complexity index is 863. The monoisotopic (exact) mass is 489 g/mol. The van der Waals surface area contributed by atoms with Gasteiger partial charge in [0.05, 0.1) is 18.0 Å². The molecule has 0 unspecified atom stereocenters. The first kappa shape index (κ1) is 25.3. The van der Waals surface area contributed by atoms with Crippen LogP contribution in [-0.2, 0) is 4.79 Å². The van der Waals surface area contributed by atoms with Gasteiger partial charge in [0.1, 0.15) is 0 Å². The van der Waals surface area contributed by atoms with E-state index in [4.69, 9.17) is 16.7 Å². The van der Waals surface area contributed by atoms with Gasteiger partial charge >= 0.3 is 0 Å². The van der Waals surface area contributed by atoms with Crippen LogP contribution in [0.1, 0.15) is 6.42 Å². The molecule has 2 aliphatic rings. The second-order valence-corrected chi connectivity index (χ2v) is 8.59. The van der Waals surface area contributed by atoms with E-state index >= 15 is 0 Å². The molecule has 1 fully saturated rings. The molecule has 0 radical (unpaired) electrons. The molecule has 1 saturated heterocycles. The van der Waals surface area contributed by atoms with Crippen molar-refractivity contribution in [3.05, 3.63) is 47.5 Å². The summed E-state index contributed by atoms with van der Waals surface area (Å²) in [5.41, 5.74) is 1.80. The fourth-order valence-corrected chi connectivity index (χ4v) is 4.94. The Kier molecular flexibility index (Phi) is 9.75. The van der Waals surface area contributed by atoms with Crippen molar-refractivity contribution in [2.24, 2.45) is 0 Å². The van der Waals surface area contributed by atoms with Crippen molar-refractivity contribution < 1.29 is 9.90 Å². The van der Waals surface area contributed by atoms with Gasteiger partial charge in [-0.05, 0) is 30.3 Å². The molecule has 0 aliphatic carbocycles. The predicted molar refractivity (Wildman–Crippen MR) is 128 cm³/mol. The van der Waals surface area contributed by atoms with Crippen molar-refractivity contribution in [1.82, 2.24) is 9.80 Å². The van der Waals surface area contributed by atoms with Gasteiger partial charge in [-0.1, -0.05) is 35.5 Å². The van der Waals surface area contributed by atoms with Crippen LogP contribution in [0.3, 0.4) is 0 Å². The third kappa shape index (κ3) is 5.62. The van der Waals surface area contributed by atoms with Gasteiger partial charge in [0.25, 0.3) is 0 Å². The zero-order chi connectivity index (χ0) is 19.5. The summed E-state index contributed by atoms with van der Waals surface area (Å²) in [4.78, 5) is 21.8. The Morgan fingerprint density at radius 1 is 0.933 bits per heavy atom. The topological polar surface area (TPSA) is 47.0 Å². The lowest BCUT2D eigenvalue weighted by Crippen LogP contribution is -2.47. The number of hydrogen-bond donors (Lipinski definition) is 1. The first-order chi connectivity index (χ1) is 13.7. The fraction of sp³-hybridized carbons (Fsp3) is 0.381. The summed E-state index contributed by atoms with van der Waals surface area (Å²) in [7, 11) is 0. The summed E-state index contributed by atoms with van der Waals surface area (Å²) in [6, 6.07) is 13.8. The first-order valence-electron chi connectivity index (χ1n) is 9.60. The van der Waals surface area contributed by atoms with Crippen LogP contribution in [0.5, 0.6) is 0 Å². The zero-order valence-electron chi connectivity index (χ0n) is 16.5. The number of carbonyl (C=O) groups is 1. The van der Waals surface area contributed by atoms with E-state index in [1.807, 2.05) is 41.3 Å². The number of nitrogens with zero attached hydrogens (tertiary/aromatic N) is 3. The lowest BCUT2D eigenvalue weighted by atomic mass is 10.2. The maximum Gasteiger partial charge on any atom is 0.232 e. The van der Waals surface area contributed by atoms with Gasteiger partial charge in [-0.3, -0.25) is 14.6 Å². The van der Waals surface area contributed by atoms with Gasteiger partial charge in [0, 0.05) is 60.5 Å². The van der Waals surface area contributed by atoms with E-state index in [1.165, 1.54) is 0 Å². The molecule has 0 spiro atoms. The van der Waals surface area contributed by atoms with Crippen LogP contribution in [0, 0.1) is 0 Å². The van der Waals surface area contributed by atoms with Gasteiger partial charge in [-0.25, -0.2) is 0 Å². The van der Waals surface area contributed by atoms with E-state index in [0.29, 0.717) is 11.4 Å². The molecular formula is C21H26Cl3N3O2S. The van der Waals surface area contributed by atoms with Crippen molar-refractivity contribution in [3.63, 3.8) is 0 Å². The molecule has 0 aromatic heterocycles. The Labute approximate surface area is 199 Å². The van der Waals surface area contributed by atoms with Gasteiger partial charge in [-0.2, -0.15) is 0 Å². The van der Waals surface area contributed by atoms with Crippen LogP contribution in [0.25, 0.3) is 0 Å². The number of benzene rings is 2. The molecule has 0 atom stereocenters. The Balaban J connectivity index is 0.00000160. The number of aliphatic hydroxyl groups excluding tert-OH is 1. The summed E-state index contributed by atoms with van der Waals surface area (Å²) >= 11 is 7.91. The van der Waals surface area contributed by atoms with Crippen LogP contribution < -0.4 is 4.90 Å². The van der Waals surface area contributed by atoms with Crippen LogP contribution in [-0.4, -0.2) is 66.7 Å². The highest BCUT2D eigenvalue weighted by atomic mass is 35.5. The van der Waals surface area contributed by atoms with Gasteiger partial charge in [-0.15, -0.1) is 24.8 Å². The van der Waals surface area contributed by atoms with Crippen LogP contribution in [0.4, 0.5) is 11.4 Å². The smallest absolute Gasteiger partial charge is 0.232 e. The predicted octanol–water partition coefficient (Wildman–Crippen LogP) is 4.31. The minimum atomic E-state index is 0. The number of para-hydroxylation sites is 1. The zero-order valence-corrected chi connectivity index (χ0v) is 19.7. The third-order valence-corrected chi connectivity index (χ3v) is 6.63. The standard InChI is InChI=1S/C21H24ClN3O2S.2ClH/c22-16-5-6-20-18(15-16)25(17-3-1-2-4-19(17)28-20)21(27)7-8-23-9-11-24(12-10-23)13-14-26;;/h1-6,15,26H,7-14H2;2*1H. The van der Waals surface area contributed by atoms with E-state index in [9.17, 15) is 4.79 Å². The van der Waals surface area contributed by atoms with E-state index in [1.54, 1.807) is 11.8 Å². The molecule has 164 valence electrons. The quantitative estimate of drug-likeness (QED) is 0.677. The van der Waals surface area contributed by atoms with Gasteiger partial charge in [0.15, 0.2) is 0 Å². The van der Waals surface area contributed by atoms with Gasteiger partial charge < -0.3 is 10.0 Å². The molecule has 2 aromatic rings. The summed E-state index contributed by atoms with van der Waals surface area (Å²) < 4.78 is 0. The van der Waals surface area contributed by atoms with Crippen molar-refractivity contribution in [1.29, 1.82) is 0 Å². The number of hydrogen-bond acceptors (Lipinski definition) is 5. The molecule has 5 nitrogen and oxygen atoms in total. The first-order valence-corrected chi connectivity index (χ1v) is 10.8. The van der Waals surface area contributed by atoms with Crippen LogP contribution >= 0.6 is 48.2 Å². The van der Waals surface area contributed by atoms with Crippen molar-refractivity contribution in [3.8, 4) is 0 Å². The van der Waals surface area contributed by atoms with Crippen molar-refractivity contribution in [2.45, 2.75) is 16.2 Å². The second kappa shape index (κ2) is 11.6. The summed E-state index contributed by atoms with van der Waals surface area (Å²) in [5.74, 6) is 0.0917. The highest BCUT2D eigenvalue weighted by Gasteiger charge is 2.28. The minimum Gasteiger partial charge on any atom is -0.395 e. The highest BCUT2D eigenvalue weighted by Crippen LogP contribution is 2.48. The average molecular weight is 491 g/mol. The summed E-state index contributed by atoms with van der Waals surface area (Å²) in [6.07, 6.45) is 0.463. The molecule has 2 aromatic carbocycles. The number of amides is 1. The molecule has 2 heterocycles. The number of fused-ring (bicyclic) bond motifs is 2. The minimum absolute atomic E-state index is 0. The Hall–Kier alpha value is -0.990. The second-order valence-electron chi connectivity index (χ2n) is 7.07. The SMILES string of the molecule is Cl.Cl.O=C(CCN1CCN(CCO)CC1)N1c2ccccc2Sc2ccc(Cl)cc21. The summed E-state index contributed by atoms with van der Waals surface area (Å²) in [6.45, 7) is 5.42.